The number of carbonyl (C=O) groups is 2. The van der Waals surface area contributed by atoms with Crippen molar-refractivity contribution in [1.29, 1.82) is 0 Å². The second-order valence-electron chi connectivity index (χ2n) is 3.20. The summed E-state index contributed by atoms with van der Waals surface area (Å²) in [7, 11) is 0. The molecule has 0 aliphatic heterocycles. The Morgan fingerprint density at radius 3 is 2.82 bits per heavy atom. The van der Waals surface area contributed by atoms with Crippen LogP contribution in [0.15, 0.2) is 10.9 Å². The highest BCUT2D eigenvalue weighted by Crippen LogP contribution is 2.00. The molecule has 0 spiro atoms. The van der Waals surface area contributed by atoms with Gasteiger partial charge < -0.3 is 20.8 Å². The van der Waals surface area contributed by atoms with Crippen molar-refractivity contribution in [1.82, 2.24) is 15.6 Å². The third-order valence-electron chi connectivity index (χ3n) is 1.94. The highest BCUT2D eigenvalue weighted by atomic mass is 32.1. The molecule has 1 rings (SSSR count). The van der Waals surface area contributed by atoms with Crippen LogP contribution < -0.4 is 10.6 Å². The number of urea groups is 1. The Labute approximate surface area is 101 Å². The lowest BCUT2D eigenvalue weighted by Gasteiger charge is -2.12. The Kier molecular flexibility index (Phi) is 5.37. The van der Waals surface area contributed by atoms with E-state index in [0.29, 0.717) is 13.0 Å². The van der Waals surface area contributed by atoms with Gasteiger partial charge in [0.05, 0.1) is 17.8 Å². The first-order valence-corrected chi connectivity index (χ1v) is 5.83. The van der Waals surface area contributed by atoms with Crippen molar-refractivity contribution < 1.29 is 19.8 Å². The van der Waals surface area contributed by atoms with E-state index >= 15 is 0 Å². The number of amides is 2. The van der Waals surface area contributed by atoms with Crippen LogP contribution in [0.2, 0.25) is 0 Å². The molecule has 0 aliphatic rings. The predicted octanol–water partition coefficient (Wildman–Crippen LogP) is -0.570. The van der Waals surface area contributed by atoms with Gasteiger partial charge in [-0.1, -0.05) is 0 Å². The van der Waals surface area contributed by atoms with Gasteiger partial charge in [-0.05, 0) is 0 Å². The van der Waals surface area contributed by atoms with Crippen LogP contribution in [0.25, 0.3) is 0 Å². The summed E-state index contributed by atoms with van der Waals surface area (Å²) in [6, 6.07) is -1.91. The number of carboxylic acid groups (broad SMARTS) is 1. The number of thiazole rings is 1. The smallest absolute Gasteiger partial charge is 0.328 e. The van der Waals surface area contributed by atoms with Gasteiger partial charge in [0.2, 0.25) is 0 Å². The lowest BCUT2D eigenvalue weighted by molar-refractivity contribution is -0.140. The number of hydrogen-bond donors (Lipinski definition) is 4. The molecule has 0 saturated heterocycles. The second kappa shape index (κ2) is 6.81. The molecular formula is C9H13N3O4S. The van der Waals surface area contributed by atoms with E-state index in [1.54, 1.807) is 5.51 Å². The average Bonchev–Trinajstić information content (AvgIpc) is 2.78. The summed E-state index contributed by atoms with van der Waals surface area (Å²) < 4.78 is 0. The van der Waals surface area contributed by atoms with Gasteiger partial charge in [0, 0.05) is 18.3 Å². The molecule has 0 aromatic carbocycles. The molecule has 0 fully saturated rings. The number of nitrogens with one attached hydrogen (secondary N) is 2. The predicted molar refractivity (Wildman–Crippen MR) is 60.9 cm³/mol. The van der Waals surface area contributed by atoms with Crippen molar-refractivity contribution in [3.8, 4) is 0 Å². The molecule has 0 radical (unpaired) electrons. The fraction of sp³-hybridized carbons (Fsp3) is 0.444. The number of nitrogens with zero attached hydrogens (tertiary/aromatic N) is 1. The Balaban J connectivity index is 2.23. The van der Waals surface area contributed by atoms with Crippen LogP contribution in [0.3, 0.4) is 0 Å². The number of aliphatic hydroxyl groups is 1. The first kappa shape index (κ1) is 13.4. The summed E-state index contributed by atoms with van der Waals surface area (Å²) in [5, 5.41) is 23.8. The molecule has 0 saturated carbocycles. The molecule has 7 nitrogen and oxygen atoms in total. The lowest BCUT2D eigenvalue weighted by Crippen LogP contribution is -2.48. The van der Waals surface area contributed by atoms with E-state index in [1.165, 1.54) is 11.3 Å². The second-order valence-corrected chi connectivity index (χ2v) is 3.92. The lowest BCUT2D eigenvalue weighted by atomic mass is 10.3. The minimum Gasteiger partial charge on any atom is -0.480 e. The van der Waals surface area contributed by atoms with E-state index in [2.05, 4.69) is 15.6 Å². The molecule has 1 atom stereocenters. The summed E-state index contributed by atoms with van der Waals surface area (Å²) >= 11 is 1.47. The first-order valence-electron chi connectivity index (χ1n) is 4.88. The minimum atomic E-state index is -1.28. The highest BCUT2D eigenvalue weighted by Gasteiger charge is 2.18. The zero-order valence-corrected chi connectivity index (χ0v) is 9.74. The van der Waals surface area contributed by atoms with E-state index in [4.69, 9.17) is 10.2 Å². The van der Waals surface area contributed by atoms with E-state index < -0.39 is 24.6 Å². The maximum Gasteiger partial charge on any atom is 0.328 e. The van der Waals surface area contributed by atoms with E-state index in [9.17, 15) is 9.59 Å². The van der Waals surface area contributed by atoms with Crippen molar-refractivity contribution >= 4 is 23.3 Å². The monoisotopic (exact) mass is 259 g/mol. The van der Waals surface area contributed by atoms with Gasteiger partial charge in [-0.15, -0.1) is 11.3 Å². The molecular weight excluding hydrogens is 246 g/mol. The normalized spacial score (nSPS) is 11.8. The SMILES string of the molecule is O=C(NCCc1cscn1)NC(CO)C(=O)O. The minimum absolute atomic E-state index is 0.354. The molecule has 4 N–H and O–H groups in total. The molecule has 94 valence electrons. The fourth-order valence-corrected chi connectivity index (χ4v) is 1.65. The number of carbonyl (C=O) groups excluding carboxylic acids is 1. The largest absolute Gasteiger partial charge is 0.480 e. The Morgan fingerprint density at radius 2 is 2.29 bits per heavy atom. The van der Waals surface area contributed by atoms with Gasteiger partial charge in [0.15, 0.2) is 6.04 Å². The number of aromatic nitrogens is 1. The third-order valence-corrected chi connectivity index (χ3v) is 2.57. The molecule has 0 bridgehead atoms. The maximum atomic E-state index is 11.2. The highest BCUT2D eigenvalue weighted by molar-refractivity contribution is 7.07. The topological polar surface area (TPSA) is 112 Å². The summed E-state index contributed by atoms with van der Waals surface area (Å²) in [6.45, 7) is -0.290. The molecule has 0 aliphatic carbocycles. The fourth-order valence-electron chi connectivity index (χ4n) is 1.06. The van der Waals surface area contributed by atoms with Crippen LogP contribution >= 0.6 is 11.3 Å². The van der Waals surface area contributed by atoms with Gasteiger partial charge in [-0.25, -0.2) is 14.6 Å². The average molecular weight is 259 g/mol. The van der Waals surface area contributed by atoms with E-state index in [0.717, 1.165) is 5.69 Å². The Morgan fingerprint density at radius 1 is 1.53 bits per heavy atom. The summed E-state index contributed by atoms with van der Waals surface area (Å²) in [5.41, 5.74) is 2.56. The molecule has 1 aromatic heterocycles. The maximum absolute atomic E-state index is 11.2. The standard InChI is InChI=1S/C9H13N3O4S/c13-3-7(8(14)15)12-9(16)10-2-1-6-4-17-5-11-6/h4-5,7,13H,1-3H2,(H,14,15)(H2,10,12,16). The number of carboxylic acids is 1. The van der Waals surface area contributed by atoms with Gasteiger partial charge in [0.25, 0.3) is 0 Å². The first-order chi connectivity index (χ1) is 8.13. The van der Waals surface area contributed by atoms with E-state index in [-0.39, 0.29) is 0 Å². The molecule has 8 heteroatoms. The Hall–Kier alpha value is -1.67. The zero-order valence-electron chi connectivity index (χ0n) is 8.92. The van der Waals surface area contributed by atoms with Crippen LogP contribution in [-0.4, -0.2) is 46.4 Å². The third kappa shape index (κ3) is 4.79. The van der Waals surface area contributed by atoms with Gasteiger partial charge >= 0.3 is 12.0 Å². The number of aliphatic carboxylic acids is 1. The molecule has 2 amide bonds. The van der Waals surface area contributed by atoms with Crippen LogP contribution in [0, 0.1) is 0 Å². The van der Waals surface area contributed by atoms with Gasteiger partial charge in [-0.2, -0.15) is 0 Å². The van der Waals surface area contributed by atoms with Gasteiger partial charge in [-0.3, -0.25) is 0 Å². The Bertz CT molecular complexity index is 368. The number of aliphatic hydroxyl groups excluding tert-OH is 1. The zero-order chi connectivity index (χ0) is 12.7. The van der Waals surface area contributed by atoms with Crippen molar-refractivity contribution in [2.45, 2.75) is 12.5 Å². The van der Waals surface area contributed by atoms with Crippen molar-refractivity contribution in [2.24, 2.45) is 0 Å². The van der Waals surface area contributed by atoms with Crippen LogP contribution in [0.1, 0.15) is 5.69 Å². The van der Waals surface area contributed by atoms with Gasteiger partial charge in [0.1, 0.15) is 0 Å². The molecule has 1 heterocycles. The van der Waals surface area contributed by atoms with Crippen LogP contribution in [0.4, 0.5) is 4.79 Å². The van der Waals surface area contributed by atoms with E-state index in [1.807, 2.05) is 5.38 Å². The molecule has 1 aromatic rings. The summed E-state index contributed by atoms with van der Waals surface area (Å²) in [5.74, 6) is -1.28. The molecule has 1 unspecified atom stereocenters. The quantitative estimate of drug-likeness (QED) is 0.546. The van der Waals surface area contributed by atoms with Crippen molar-refractivity contribution in [3.63, 3.8) is 0 Å². The summed E-state index contributed by atoms with van der Waals surface area (Å²) in [6.07, 6.45) is 0.577. The van der Waals surface area contributed by atoms with Crippen molar-refractivity contribution in [2.75, 3.05) is 13.2 Å². The summed E-state index contributed by atoms with van der Waals surface area (Å²) in [4.78, 5) is 25.8. The molecule has 17 heavy (non-hydrogen) atoms. The number of hydrogen-bond acceptors (Lipinski definition) is 5. The van der Waals surface area contributed by atoms with Crippen LogP contribution in [-0.2, 0) is 11.2 Å². The van der Waals surface area contributed by atoms with Crippen LogP contribution in [0.5, 0.6) is 0 Å². The van der Waals surface area contributed by atoms with Crippen molar-refractivity contribution in [3.05, 3.63) is 16.6 Å². The number of rotatable bonds is 6.